The van der Waals surface area contributed by atoms with Crippen LogP contribution < -0.4 is 0 Å². The standard InChI is InChI=1S/C11H11BrN2O/c1-14(2)11(15)8-5-3-4-7-9(12)6-13-10(7)8/h3-6,13H,1-2H3. The van der Waals surface area contributed by atoms with Crippen molar-refractivity contribution >= 4 is 32.7 Å². The Kier molecular flexibility index (Phi) is 2.52. The summed E-state index contributed by atoms with van der Waals surface area (Å²) in [6, 6.07) is 5.69. The summed E-state index contributed by atoms with van der Waals surface area (Å²) in [6.45, 7) is 0. The molecule has 0 bridgehead atoms. The third kappa shape index (κ3) is 1.65. The highest BCUT2D eigenvalue weighted by molar-refractivity contribution is 9.10. The molecule has 0 aliphatic rings. The van der Waals surface area contributed by atoms with E-state index in [1.807, 2.05) is 24.4 Å². The van der Waals surface area contributed by atoms with E-state index >= 15 is 0 Å². The Balaban J connectivity index is 2.66. The predicted molar refractivity (Wildman–Crippen MR) is 64.0 cm³/mol. The van der Waals surface area contributed by atoms with Crippen LogP contribution in [0.15, 0.2) is 28.9 Å². The van der Waals surface area contributed by atoms with E-state index in [0.29, 0.717) is 5.56 Å². The average molecular weight is 267 g/mol. The third-order valence-corrected chi connectivity index (χ3v) is 2.96. The van der Waals surface area contributed by atoms with Gasteiger partial charge in [-0.05, 0) is 22.0 Å². The summed E-state index contributed by atoms with van der Waals surface area (Å²) in [7, 11) is 3.50. The van der Waals surface area contributed by atoms with Crippen LogP contribution in [0.3, 0.4) is 0 Å². The molecule has 0 aliphatic heterocycles. The normalized spacial score (nSPS) is 10.6. The fourth-order valence-electron chi connectivity index (χ4n) is 1.54. The summed E-state index contributed by atoms with van der Waals surface area (Å²) in [5, 5.41) is 1.03. The molecule has 78 valence electrons. The number of benzene rings is 1. The van der Waals surface area contributed by atoms with Crippen LogP contribution in [0.2, 0.25) is 0 Å². The Hall–Kier alpha value is -1.29. The van der Waals surface area contributed by atoms with E-state index in [1.54, 1.807) is 19.0 Å². The largest absolute Gasteiger partial charge is 0.359 e. The van der Waals surface area contributed by atoms with Gasteiger partial charge in [-0.25, -0.2) is 0 Å². The molecule has 0 saturated heterocycles. The van der Waals surface area contributed by atoms with Crippen molar-refractivity contribution in [1.82, 2.24) is 9.88 Å². The minimum Gasteiger partial charge on any atom is -0.359 e. The van der Waals surface area contributed by atoms with Crippen molar-refractivity contribution in [2.45, 2.75) is 0 Å². The second-order valence-corrected chi connectivity index (χ2v) is 4.42. The summed E-state index contributed by atoms with van der Waals surface area (Å²) < 4.78 is 0.978. The topological polar surface area (TPSA) is 36.1 Å². The number of nitrogens with zero attached hydrogens (tertiary/aromatic N) is 1. The first kappa shape index (κ1) is 10.2. The molecule has 0 fully saturated rings. The molecule has 1 N–H and O–H groups in total. The molecule has 0 atom stereocenters. The molecule has 0 saturated carbocycles. The van der Waals surface area contributed by atoms with Crippen LogP contribution in [0.5, 0.6) is 0 Å². The van der Waals surface area contributed by atoms with Crippen LogP contribution in [0.4, 0.5) is 0 Å². The zero-order chi connectivity index (χ0) is 11.0. The van der Waals surface area contributed by atoms with Gasteiger partial charge in [-0.2, -0.15) is 0 Å². The number of carbonyl (C=O) groups is 1. The highest BCUT2D eigenvalue weighted by Gasteiger charge is 2.13. The van der Waals surface area contributed by atoms with Gasteiger partial charge in [0.2, 0.25) is 0 Å². The summed E-state index contributed by atoms with van der Waals surface area (Å²) in [4.78, 5) is 16.5. The second-order valence-electron chi connectivity index (χ2n) is 3.56. The maximum absolute atomic E-state index is 11.9. The van der Waals surface area contributed by atoms with E-state index in [-0.39, 0.29) is 5.91 Å². The monoisotopic (exact) mass is 266 g/mol. The number of para-hydroxylation sites is 1. The number of amides is 1. The van der Waals surface area contributed by atoms with Crippen LogP contribution >= 0.6 is 15.9 Å². The molecule has 4 heteroatoms. The zero-order valence-electron chi connectivity index (χ0n) is 8.54. The number of aromatic nitrogens is 1. The van der Waals surface area contributed by atoms with Gasteiger partial charge in [0.15, 0.2) is 0 Å². The molecule has 0 radical (unpaired) electrons. The molecular weight excluding hydrogens is 256 g/mol. The van der Waals surface area contributed by atoms with Gasteiger partial charge in [0.1, 0.15) is 0 Å². The Labute approximate surface area is 96.2 Å². The maximum atomic E-state index is 11.9. The minimum atomic E-state index is 0.00921. The molecule has 1 amide bonds. The van der Waals surface area contributed by atoms with E-state index in [2.05, 4.69) is 20.9 Å². The van der Waals surface area contributed by atoms with Crippen LogP contribution in [-0.4, -0.2) is 29.9 Å². The molecule has 2 rings (SSSR count). The van der Waals surface area contributed by atoms with E-state index in [4.69, 9.17) is 0 Å². The molecule has 15 heavy (non-hydrogen) atoms. The third-order valence-electron chi connectivity index (χ3n) is 2.30. The number of aromatic amines is 1. The van der Waals surface area contributed by atoms with Crippen LogP contribution in [-0.2, 0) is 0 Å². The number of halogens is 1. The van der Waals surface area contributed by atoms with Gasteiger partial charge in [0, 0.05) is 30.2 Å². The lowest BCUT2D eigenvalue weighted by molar-refractivity contribution is 0.0829. The fourth-order valence-corrected chi connectivity index (χ4v) is 1.98. The van der Waals surface area contributed by atoms with Gasteiger partial charge in [0.05, 0.1) is 11.1 Å². The van der Waals surface area contributed by atoms with Crippen molar-refractivity contribution in [1.29, 1.82) is 0 Å². The Morgan fingerprint density at radius 2 is 2.13 bits per heavy atom. The molecule has 1 heterocycles. The second kappa shape index (κ2) is 3.70. The Morgan fingerprint density at radius 1 is 1.40 bits per heavy atom. The van der Waals surface area contributed by atoms with E-state index < -0.39 is 0 Å². The van der Waals surface area contributed by atoms with Crippen molar-refractivity contribution in [3.8, 4) is 0 Å². The number of carbonyl (C=O) groups excluding carboxylic acids is 1. The lowest BCUT2D eigenvalue weighted by Gasteiger charge is -2.10. The molecule has 1 aromatic carbocycles. The molecule has 0 spiro atoms. The van der Waals surface area contributed by atoms with Crippen molar-refractivity contribution in [2.24, 2.45) is 0 Å². The van der Waals surface area contributed by atoms with Crippen molar-refractivity contribution < 1.29 is 4.79 Å². The van der Waals surface area contributed by atoms with Crippen LogP contribution in [0.25, 0.3) is 10.9 Å². The lowest BCUT2D eigenvalue weighted by Crippen LogP contribution is -2.21. The van der Waals surface area contributed by atoms with Gasteiger partial charge in [-0.1, -0.05) is 12.1 Å². The van der Waals surface area contributed by atoms with Gasteiger partial charge in [0.25, 0.3) is 5.91 Å². The van der Waals surface area contributed by atoms with Crippen LogP contribution in [0.1, 0.15) is 10.4 Å². The number of H-pyrrole nitrogens is 1. The van der Waals surface area contributed by atoms with Crippen molar-refractivity contribution in [2.75, 3.05) is 14.1 Å². The lowest BCUT2D eigenvalue weighted by atomic mass is 10.1. The SMILES string of the molecule is CN(C)C(=O)c1cccc2c(Br)c[nH]c12. The van der Waals surface area contributed by atoms with E-state index in [0.717, 1.165) is 15.4 Å². The molecule has 0 aliphatic carbocycles. The first-order valence-electron chi connectivity index (χ1n) is 4.58. The molecule has 1 aromatic heterocycles. The smallest absolute Gasteiger partial charge is 0.255 e. The Bertz CT molecular complexity index is 516. The molecule has 2 aromatic rings. The number of rotatable bonds is 1. The number of fused-ring (bicyclic) bond motifs is 1. The fraction of sp³-hybridized carbons (Fsp3) is 0.182. The highest BCUT2D eigenvalue weighted by Crippen LogP contribution is 2.26. The molecule has 0 unspecified atom stereocenters. The molecule has 3 nitrogen and oxygen atoms in total. The first-order chi connectivity index (χ1) is 7.11. The summed E-state index contributed by atoms with van der Waals surface area (Å²) in [5.74, 6) is 0.00921. The average Bonchev–Trinajstić information content (AvgIpc) is 2.59. The number of hydrogen-bond acceptors (Lipinski definition) is 1. The summed E-state index contributed by atoms with van der Waals surface area (Å²) in [5.41, 5.74) is 1.58. The summed E-state index contributed by atoms with van der Waals surface area (Å²) in [6.07, 6.45) is 1.84. The maximum Gasteiger partial charge on any atom is 0.255 e. The summed E-state index contributed by atoms with van der Waals surface area (Å²) >= 11 is 3.43. The highest BCUT2D eigenvalue weighted by atomic mass is 79.9. The minimum absolute atomic E-state index is 0.00921. The number of hydrogen-bond donors (Lipinski definition) is 1. The zero-order valence-corrected chi connectivity index (χ0v) is 10.1. The van der Waals surface area contributed by atoms with Crippen molar-refractivity contribution in [3.05, 3.63) is 34.4 Å². The number of nitrogens with one attached hydrogen (secondary N) is 1. The quantitative estimate of drug-likeness (QED) is 0.847. The van der Waals surface area contributed by atoms with Gasteiger partial charge < -0.3 is 9.88 Å². The van der Waals surface area contributed by atoms with Gasteiger partial charge in [-0.3, -0.25) is 4.79 Å². The first-order valence-corrected chi connectivity index (χ1v) is 5.38. The van der Waals surface area contributed by atoms with Gasteiger partial charge >= 0.3 is 0 Å². The van der Waals surface area contributed by atoms with Crippen LogP contribution in [0, 0.1) is 0 Å². The van der Waals surface area contributed by atoms with Gasteiger partial charge in [-0.15, -0.1) is 0 Å². The predicted octanol–water partition coefficient (Wildman–Crippen LogP) is 2.63. The van der Waals surface area contributed by atoms with Crippen molar-refractivity contribution in [3.63, 3.8) is 0 Å². The Morgan fingerprint density at radius 3 is 2.80 bits per heavy atom. The molecular formula is C11H11BrN2O. The van der Waals surface area contributed by atoms with E-state index in [9.17, 15) is 4.79 Å². The van der Waals surface area contributed by atoms with E-state index in [1.165, 1.54) is 0 Å².